The number of carbonyl (C=O) groups is 1. The van der Waals surface area contributed by atoms with Gasteiger partial charge in [0.2, 0.25) is 0 Å². The lowest BCUT2D eigenvalue weighted by Gasteiger charge is -2.26. The summed E-state index contributed by atoms with van der Waals surface area (Å²) in [6, 6.07) is -0.210. The van der Waals surface area contributed by atoms with E-state index in [1.165, 1.54) is 0 Å². The third kappa shape index (κ3) is 1.95. The molecule has 5 heteroatoms. The van der Waals surface area contributed by atoms with Crippen molar-refractivity contribution in [3.63, 3.8) is 0 Å². The zero-order valence-electron chi connectivity index (χ0n) is 10.5. The van der Waals surface area contributed by atoms with Crippen molar-refractivity contribution in [2.45, 2.75) is 51.6 Å². The van der Waals surface area contributed by atoms with Gasteiger partial charge in [-0.25, -0.2) is 9.78 Å². The van der Waals surface area contributed by atoms with E-state index >= 15 is 0 Å². The highest BCUT2D eigenvalue weighted by Gasteiger charge is 2.32. The Morgan fingerprint density at radius 1 is 1.53 bits per heavy atom. The largest absolute Gasteiger partial charge is 0.476 e. The smallest absolute Gasteiger partial charge is 0.356 e. The number of carboxylic acid groups (broad SMARTS) is 1. The van der Waals surface area contributed by atoms with Crippen LogP contribution in [0.4, 0.5) is 0 Å². The molecule has 1 unspecified atom stereocenters. The maximum absolute atomic E-state index is 11.2. The fourth-order valence-corrected chi connectivity index (χ4v) is 2.40. The molecule has 1 aromatic rings. The van der Waals surface area contributed by atoms with Gasteiger partial charge in [0.25, 0.3) is 0 Å². The first-order chi connectivity index (χ1) is 7.82. The fourth-order valence-electron chi connectivity index (χ4n) is 2.40. The van der Waals surface area contributed by atoms with Crippen molar-refractivity contribution in [3.8, 4) is 0 Å². The second-order valence-electron chi connectivity index (χ2n) is 5.62. The summed E-state index contributed by atoms with van der Waals surface area (Å²) >= 11 is 0. The third-order valence-electron chi connectivity index (χ3n) is 3.13. The molecule has 0 amide bonds. The van der Waals surface area contributed by atoms with Crippen LogP contribution in [-0.4, -0.2) is 20.6 Å². The minimum atomic E-state index is -0.985. The van der Waals surface area contributed by atoms with Crippen LogP contribution in [0.3, 0.4) is 0 Å². The Kier molecular flexibility index (Phi) is 2.73. The molecule has 0 fully saturated rings. The summed E-state index contributed by atoms with van der Waals surface area (Å²) in [5.74, 6) is -0.165. The standard InChI is InChI=1S/C12H19N3O2/c1-12(2,3)11-14-8(10(16)17)9-7(13)5-4-6-15(9)11/h7H,4-6,13H2,1-3H3,(H,16,17). The van der Waals surface area contributed by atoms with Gasteiger partial charge in [0.05, 0.1) is 5.69 Å². The first-order valence-electron chi connectivity index (χ1n) is 5.92. The Bertz CT molecular complexity index is 457. The number of carboxylic acids is 1. The maximum Gasteiger partial charge on any atom is 0.356 e. The van der Waals surface area contributed by atoms with E-state index in [-0.39, 0.29) is 17.2 Å². The lowest BCUT2D eigenvalue weighted by atomic mass is 9.95. The van der Waals surface area contributed by atoms with Crippen LogP contribution in [0.25, 0.3) is 0 Å². The number of hydrogen-bond acceptors (Lipinski definition) is 3. The fraction of sp³-hybridized carbons (Fsp3) is 0.667. The summed E-state index contributed by atoms with van der Waals surface area (Å²) in [6.45, 7) is 6.92. The van der Waals surface area contributed by atoms with Crippen LogP contribution < -0.4 is 5.73 Å². The number of aromatic nitrogens is 2. The number of imidazole rings is 1. The third-order valence-corrected chi connectivity index (χ3v) is 3.13. The topological polar surface area (TPSA) is 81.1 Å². The molecule has 5 nitrogen and oxygen atoms in total. The number of nitrogens with two attached hydrogens (primary N) is 1. The van der Waals surface area contributed by atoms with Gasteiger partial charge in [-0.05, 0) is 12.8 Å². The molecule has 1 aromatic heterocycles. The SMILES string of the molecule is CC(C)(C)c1nc(C(=O)O)c2n1CCCC2N. The van der Waals surface area contributed by atoms with E-state index < -0.39 is 5.97 Å². The van der Waals surface area contributed by atoms with E-state index in [0.717, 1.165) is 25.2 Å². The second-order valence-corrected chi connectivity index (χ2v) is 5.62. The zero-order valence-corrected chi connectivity index (χ0v) is 10.5. The Morgan fingerprint density at radius 3 is 2.71 bits per heavy atom. The Hall–Kier alpha value is -1.36. The van der Waals surface area contributed by atoms with Gasteiger partial charge in [0.1, 0.15) is 5.82 Å². The molecule has 1 aliphatic rings. The van der Waals surface area contributed by atoms with Gasteiger partial charge in [0.15, 0.2) is 5.69 Å². The second kappa shape index (κ2) is 3.84. The Balaban J connectivity index is 2.65. The highest BCUT2D eigenvalue weighted by molar-refractivity contribution is 5.87. The first kappa shape index (κ1) is 12.1. The summed E-state index contributed by atoms with van der Waals surface area (Å²) in [5, 5.41) is 9.21. The number of hydrogen-bond donors (Lipinski definition) is 2. The van der Waals surface area contributed by atoms with Crippen LogP contribution in [0.2, 0.25) is 0 Å². The molecule has 0 saturated heterocycles. The maximum atomic E-state index is 11.2. The molecule has 0 aromatic carbocycles. The van der Waals surface area contributed by atoms with Gasteiger partial charge in [-0.1, -0.05) is 20.8 Å². The van der Waals surface area contributed by atoms with E-state index in [0.29, 0.717) is 5.69 Å². The predicted octanol–water partition coefficient (Wildman–Crippen LogP) is 1.67. The number of rotatable bonds is 1. The predicted molar refractivity (Wildman–Crippen MR) is 64.0 cm³/mol. The molecule has 0 saturated carbocycles. The monoisotopic (exact) mass is 237 g/mol. The molecule has 0 aliphatic carbocycles. The molecule has 0 bridgehead atoms. The molecular weight excluding hydrogens is 218 g/mol. The van der Waals surface area contributed by atoms with Crippen LogP contribution in [-0.2, 0) is 12.0 Å². The summed E-state index contributed by atoms with van der Waals surface area (Å²) in [7, 11) is 0. The molecule has 94 valence electrons. The van der Waals surface area contributed by atoms with Gasteiger partial charge >= 0.3 is 5.97 Å². The van der Waals surface area contributed by atoms with E-state index in [1.807, 2.05) is 25.3 Å². The van der Waals surface area contributed by atoms with Gasteiger partial charge in [-0.2, -0.15) is 0 Å². The van der Waals surface area contributed by atoms with E-state index in [1.54, 1.807) is 0 Å². The average Bonchev–Trinajstić information content (AvgIpc) is 2.57. The summed E-state index contributed by atoms with van der Waals surface area (Å²) in [5.41, 5.74) is 6.67. The van der Waals surface area contributed by atoms with Crippen LogP contribution in [0, 0.1) is 0 Å². The lowest BCUT2D eigenvalue weighted by Crippen LogP contribution is -2.27. The quantitative estimate of drug-likeness (QED) is 0.778. The molecule has 3 N–H and O–H groups in total. The zero-order chi connectivity index (χ0) is 12.8. The molecular formula is C12H19N3O2. The Morgan fingerprint density at radius 2 is 2.18 bits per heavy atom. The Labute approximate surface area is 101 Å². The highest BCUT2D eigenvalue weighted by Crippen LogP contribution is 2.32. The number of fused-ring (bicyclic) bond motifs is 1. The van der Waals surface area contributed by atoms with Gasteiger partial charge in [-0.3, -0.25) is 0 Å². The summed E-state index contributed by atoms with van der Waals surface area (Å²) in [6.07, 6.45) is 1.81. The highest BCUT2D eigenvalue weighted by atomic mass is 16.4. The molecule has 1 aliphatic heterocycles. The minimum Gasteiger partial charge on any atom is -0.476 e. The van der Waals surface area contributed by atoms with E-state index in [2.05, 4.69) is 4.98 Å². The van der Waals surface area contributed by atoms with Crippen LogP contribution >= 0.6 is 0 Å². The van der Waals surface area contributed by atoms with Crippen molar-refractivity contribution < 1.29 is 9.90 Å². The van der Waals surface area contributed by atoms with Crippen molar-refractivity contribution in [1.29, 1.82) is 0 Å². The first-order valence-corrected chi connectivity index (χ1v) is 5.92. The molecule has 0 radical (unpaired) electrons. The van der Waals surface area contributed by atoms with Crippen molar-refractivity contribution in [2.75, 3.05) is 0 Å². The normalized spacial score (nSPS) is 20.1. The summed E-state index contributed by atoms with van der Waals surface area (Å²) in [4.78, 5) is 15.5. The molecule has 17 heavy (non-hydrogen) atoms. The van der Waals surface area contributed by atoms with E-state index in [9.17, 15) is 9.90 Å². The van der Waals surface area contributed by atoms with Gasteiger partial charge < -0.3 is 15.4 Å². The van der Waals surface area contributed by atoms with Crippen molar-refractivity contribution >= 4 is 5.97 Å². The molecule has 1 atom stereocenters. The van der Waals surface area contributed by atoms with Crippen LogP contribution in [0.1, 0.15) is 61.7 Å². The average molecular weight is 237 g/mol. The summed E-state index contributed by atoms with van der Waals surface area (Å²) < 4.78 is 2.00. The molecule has 2 rings (SSSR count). The number of nitrogens with zero attached hydrogens (tertiary/aromatic N) is 2. The molecule has 0 spiro atoms. The van der Waals surface area contributed by atoms with Gasteiger partial charge in [-0.15, -0.1) is 0 Å². The van der Waals surface area contributed by atoms with Crippen LogP contribution in [0.5, 0.6) is 0 Å². The van der Waals surface area contributed by atoms with Gasteiger partial charge in [0, 0.05) is 18.0 Å². The van der Waals surface area contributed by atoms with Crippen LogP contribution in [0.15, 0.2) is 0 Å². The van der Waals surface area contributed by atoms with Crippen molar-refractivity contribution in [1.82, 2.24) is 9.55 Å². The molecule has 2 heterocycles. The van der Waals surface area contributed by atoms with Crippen molar-refractivity contribution in [3.05, 3.63) is 17.2 Å². The minimum absolute atomic E-state index is 0.127. The lowest BCUT2D eigenvalue weighted by molar-refractivity contribution is 0.0688. The van der Waals surface area contributed by atoms with Crippen molar-refractivity contribution in [2.24, 2.45) is 5.73 Å². The van der Waals surface area contributed by atoms with E-state index in [4.69, 9.17) is 5.73 Å². The number of aromatic carboxylic acids is 1.